The summed E-state index contributed by atoms with van der Waals surface area (Å²) in [6.07, 6.45) is 0. The maximum Gasteiger partial charge on any atom is 0.143 e. The van der Waals surface area contributed by atoms with Gasteiger partial charge in [0, 0.05) is 16.3 Å². The fourth-order valence-electron chi connectivity index (χ4n) is 6.81. The highest BCUT2D eigenvalue weighted by Gasteiger charge is 2.15. The third-order valence-corrected chi connectivity index (χ3v) is 8.83. The molecule has 0 bridgehead atoms. The zero-order valence-electron chi connectivity index (χ0n) is 23.4. The first-order valence-corrected chi connectivity index (χ1v) is 14.8. The summed E-state index contributed by atoms with van der Waals surface area (Å²) in [6.45, 7) is 0. The van der Waals surface area contributed by atoms with E-state index in [9.17, 15) is 0 Å². The van der Waals surface area contributed by atoms with Crippen molar-refractivity contribution in [2.45, 2.75) is 0 Å². The van der Waals surface area contributed by atoms with Gasteiger partial charge >= 0.3 is 0 Å². The normalized spacial score (nSPS) is 11.7. The molecule has 0 N–H and O–H groups in total. The lowest BCUT2D eigenvalue weighted by Crippen LogP contribution is -1.88. The Labute approximate surface area is 249 Å². The first kappa shape index (κ1) is 24.0. The molecule has 0 aliphatic rings. The third-order valence-electron chi connectivity index (χ3n) is 8.83. The van der Waals surface area contributed by atoms with Gasteiger partial charge in [0.15, 0.2) is 0 Å². The first-order chi connectivity index (χ1) is 21.3. The molecule has 1 aromatic heterocycles. The summed E-state index contributed by atoms with van der Waals surface area (Å²) in [5.41, 5.74) is 8.85. The Morgan fingerprint density at radius 2 is 0.814 bits per heavy atom. The van der Waals surface area contributed by atoms with E-state index in [1.54, 1.807) is 0 Å². The summed E-state index contributed by atoms with van der Waals surface area (Å²) in [4.78, 5) is 0. The van der Waals surface area contributed by atoms with Crippen LogP contribution in [-0.2, 0) is 0 Å². The average Bonchev–Trinajstić information content (AvgIpc) is 3.47. The highest BCUT2D eigenvalue weighted by molar-refractivity contribution is 6.25. The first-order valence-electron chi connectivity index (χ1n) is 14.8. The zero-order valence-corrected chi connectivity index (χ0v) is 23.4. The van der Waals surface area contributed by atoms with Crippen molar-refractivity contribution < 1.29 is 4.42 Å². The van der Waals surface area contributed by atoms with Crippen molar-refractivity contribution in [1.82, 2.24) is 0 Å². The largest absolute Gasteiger partial charge is 0.455 e. The molecule has 1 heterocycles. The van der Waals surface area contributed by atoms with Crippen LogP contribution in [0.15, 0.2) is 162 Å². The van der Waals surface area contributed by atoms with Gasteiger partial charge < -0.3 is 4.42 Å². The molecule has 200 valence electrons. The Morgan fingerprint density at radius 3 is 1.53 bits per heavy atom. The van der Waals surface area contributed by atoms with E-state index in [1.807, 2.05) is 12.1 Å². The number of furan rings is 1. The van der Waals surface area contributed by atoms with Crippen LogP contribution in [0.3, 0.4) is 0 Å². The zero-order chi connectivity index (χ0) is 28.3. The van der Waals surface area contributed by atoms with E-state index in [0.717, 1.165) is 33.1 Å². The van der Waals surface area contributed by atoms with Crippen LogP contribution in [-0.4, -0.2) is 0 Å². The van der Waals surface area contributed by atoms with Gasteiger partial charge in [-0.05, 0) is 90.5 Å². The Bertz CT molecular complexity index is 2460. The Kier molecular flexibility index (Phi) is 5.27. The molecule has 0 atom stereocenters. The second-order valence-corrected chi connectivity index (χ2v) is 11.3. The van der Waals surface area contributed by atoms with Gasteiger partial charge in [-0.25, -0.2) is 0 Å². The number of para-hydroxylation sites is 2. The van der Waals surface area contributed by atoms with E-state index in [-0.39, 0.29) is 0 Å². The minimum atomic E-state index is 0.915. The van der Waals surface area contributed by atoms with Crippen LogP contribution in [0, 0.1) is 0 Å². The van der Waals surface area contributed by atoms with Gasteiger partial charge in [0.1, 0.15) is 11.2 Å². The smallest absolute Gasteiger partial charge is 0.143 e. The van der Waals surface area contributed by atoms with Crippen molar-refractivity contribution in [3.8, 4) is 33.4 Å². The van der Waals surface area contributed by atoms with E-state index in [2.05, 4.69) is 146 Å². The lowest BCUT2D eigenvalue weighted by atomic mass is 9.90. The Hall–Kier alpha value is -5.66. The maximum absolute atomic E-state index is 6.48. The molecule has 9 aromatic rings. The second-order valence-electron chi connectivity index (χ2n) is 11.3. The van der Waals surface area contributed by atoms with Crippen molar-refractivity contribution in [3.05, 3.63) is 158 Å². The molecule has 1 heteroatoms. The quantitative estimate of drug-likeness (QED) is 0.201. The third kappa shape index (κ3) is 3.79. The molecule has 43 heavy (non-hydrogen) atoms. The summed E-state index contributed by atoms with van der Waals surface area (Å²) in [6, 6.07) is 56.8. The highest BCUT2D eigenvalue weighted by Crippen LogP contribution is 2.41. The van der Waals surface area contributed by atoms with Crippen LogP contribution in [0.25, 0.3) is 87.6 Å². The molecule has 1 nitrogen and oxygen atoms in total. The predicted molar refractivity (Wildman–Crippen MR) is 183 cm³/mol. The predicted octanol–water partition coefficient (Wildman–Crippen LogP) is 12.0. The fourth-order valence-corrected chi connectivity index (χ4v) is 6.81. The van der Waals surface area contributed by atoms with Crippen LogP contribution >= 0.6 is 0 Å². The second kappa shape index (κ2) is 9.44. The van der Waals surface area contributed by atoms with E-state index in [4.69, 9.17) is 4.42 Å². The summed E-state index contributed by atoms with van der Waals surface area (Å²) in [5, 5.41) is 10.0. The lowest BCUT2D eigenvalue weighted by Gasteiger charge is -2.14. The number of fused-ring (bicyclic) bond motifs is 9. The van der Waals surface area contributed by atoms with Crippen molar-refractivity contribution in [2.75, 3.05) is 0 Å². The number of rotatable bonds is 3. The summed E-state index contributed by atoms with van der Waals surface area (Å²) in [5.74, 6) is 0. The summed E-state index contributed by atoms with van der Waals surface area (Å²) in [7, 11) is 0. The van der Waals surface area contributed by atoms with Crippen molar-refractivity contribution in [1.29, 1.82) is 0 Å². The topological polar surface area (TPSA) is 13.1 Å². The molecule has 8 aromatic carbocycles. The van der Waals surface area contributed by atoms with Crippen molar-refractivity contribution in [2.24, 2.45) is 0 Å². The molecule has 0 aliphatic heterocycles. The minimum absolute atomic E-state index is 0.915. The van der Waals surface area contributed by atoms with E-state index in [1.165, 1.54) is 54.6 Å². The van der Waals surface area contributed by atoms with Gasteiger partial charge in [-0.1, -0.05) is 127 Å². The van der Waals surface area contributed by atoms with Gasteiger partial charge in [0.05, 0.1) is 0 Å². The van der Waals surface area contributed by atoms with Crippen LogP contribution in [0.5, 0.6) is 0 Å². The van der Waals surface area contributed by atoms with E-state index in [0.29, 0.717) is 0 Å². The van der Waals surface area contributed by atoms with Gasteiger partial charge in [-0.2, -0.15) is 0 Å². The molecular formula is C42H26O. The van der Waals surface area contributed by atoms with Crippen LogP contribution in [0.2, 0.25) is 0 Å². The van der Waals surface area contributed by atoms with E-state index >= 15 is 0 Å². The Morgan fingerprint density at radius 1 is 0.279 bits per heavy atom. The molecule has 0 saturated carbocycles. The highest BCUT2D eigenvalue weighted by atomic mass is 16.3. The number of hydrogen-bond donors (Lipinski definition) is 0. The molecular weight excluding hydrogens is 520 g/mol. The SMILES string of the molecule is c1ccc(-c2cc(-c3ccc4c5ccccc5c5ccccc5c4c3)cc(-c3cccc4c3oc3ccccc34)c2)cc1. The maximum atomic E-state index is 6.48. The summed E-state index contributed by atoms with van der Waals surface area (Å²) < 4.78 is 6.48. The molecule has 0 fully saturated rings. The van der Waals surface area contributed by atoms with Gasteiger partial charge in [0.25, 0.3) is 0 Å². The monoisotopic (exact) mass is 546 g/mol. The van der Waals surface area contributed by atoms with Crippen molar-refractivity contribution >= 4 is 54.3 Å². The van der Waals surface area contributed by atoms with Crippen LogP contribution < -0.4 is 0 Å². The minimum Gasteiger partial charge on any atom is -0.455 e. The molecule has 0 saturated heterocycles. The van der Waals surface area contributed by atoms with Gasteiger partial charge in [0.2, 0.25) is 0 Å². The van der Waals surface area contributed by atoms with Crippen molar-refractivity contribution in [3.63, 3.8) is 0 Å². The average molecular weight is 547 g/mol. The summed E-state index contributed by atoms with van der Waals surface area (Å²) >= 11 is 0. The molecule has 0 spiro atoms. The molecule has 0 aliphatic carbocycles. The number of benzene rings is 8. The molecule has 9 rings (SSSR count). The molecule has 0 amide bonds. The van der Waals surface area contributed by atoms with E-state index < -0.39 is 0 Å². The standard InChI is InChI=1S/C42H26O/c1-2-11-27(12-3-1)29-23-30(25-31(24-29)32-18-10-19-39-38-17-8-9-20-41(38)43-42(32)39)28-21-22-37-35-15-5-4-13-33(35)34-14-6-7-16-36(34)40(37)26-28/h1-26H. The van der Waals surface area contributed by atoms with Gasteiger partial charge in [-0.3, -0.25) is 0 Å². The van der Waals surface area contributed by atoms with Gasteiger partial charge in [-0.15, -0.1) is 0 Å². The molecule has 0 unspecified atom stereocenters. The fraction of sp³-hybridized carbons (Fsp3) is 0. The number of hydrogen-bond acceptors (Lipinski definition) is 1. The Balaban J connectivity index is 1.32. The molecule has 0 radical (unpaired) electrons. The van der Waals surface area contributed by atoms with Crippen LogP contribution in [0.1, 0.15) is 0 Å². The lowest BCUT2D eigenvalue weighted by molar-refractivity contribution is 0.670. The van der Waals surface area contributed by atoms with Crippen LogP contribution in [0.4, 0.5) is 0 Å².